The second-order valence-electron chi connectivity index (χ2n) is 5.10. The average Bonchev–Trinajstić information content (AvgIpc) is 2.86. The minimum atomic E-state index is 0.0651. The van der Waals surface area contributed by atoms with Crippen LogP contribution in [0.5, 0.6) is 0 Å². The molecule has 1 saturated heterocycles. The van der Waals surface area contributed by atoms with Gasteiger partial charge < -0.3 is 10.1 Å². The lowest BCUT2D eigenvalue weighted by Crippen LogP contribution is -2.58. The molecular formula is C11H21NO. The highest BCUT2D eigenvalue weighted by Gasteiger charge is 2.48. The van der Waals surface area contributed by atoms with Crippen molar-refractivity contribution in [1.82, 2.24) is 5.32 Å². The van der Waals surface area contributed by atoms with Crippen molar-refractivity contribution in [2.45, 2.75) is 51.2 Å². The fourth-order valence-corrected chi connectivity index (χ4v) is 2.33. The fraction of sp³-hybridized carbons (Fsp3) is 1.00. The van der Waals surface area contributed by atoms with Crippen LogP contribution in [0.1, 0.15) is 40.0 Å². The molecule has 13 heavy (non-hydrogen) atoms. The first-order chi connectivity index (χ1) is 6.08. The van der Waals surface area contributed by atoms with Crippen LogP contribution in [0.25, 0.3) is 0 Å². The molecule has 2 nitrogen and oxygen atoms in total. The molecule has 2 rings (SSSR count). The Morgan fingerprint density at radius 3 is 2.54 bits per heavy atom. The zero-order chi connectivity index (χ0) is 9.53. The first-order valence-electron chi connectivity index (χ1n) is 5.49. The molecule has 1 saturated carbocycles. The van der Waals surface area contributed by atoms with E-state index >= 15 is 0 Å². The summed E-state index contributed by atoms with van der Waals surface area (Å²) in [6, 6.07) is 0. The van der Waals surface area contributed by atoms with E-state index < -0.39 is 0 Å². The molecule has 2 fully saturated rings. The van der Waals surface area contributed by atoms with E-state index in [9.17, 15) is 0 Å². The van der Waals surface area contributed by atoms with Crippen LogP contribution in [0.3, 0.4) is 0 Å². The Kier molecular flexibility index (Phi) is 2.16. The topological polar surface area (TPSA) is 21.3 Å². The van der Waals surface area contributed by atoms with Gasteiger partial charge in [0, 0.05) is 13.1 Å². The molecule has 0 aromatic carbocycles. The second kappa shape index (κ2) is 2.96. The molecule has 2 atom stereocenters. The van der Waals surface area contributed by atoms with Gasteiger partial charge in [-0.05, 0) is 39.0 Å². The van der Waals surface area contributed by atoms with E-state index in [1.165, 1.54) is 12.8 Å². The van der Waals surface area contributed by atoms with Gasteiger partial charge >= 0.3 is 0 Å². The highest BCUT2D eigenvalue weighted by Crippen LogP contribution is 2.45. The fourth-order valence-electron chi connectivity index (χ4n) is 2.33. The molecule has 0 spiro atoms. The van der Waals surface area contributed by atoms with Crippen LogP contribution in [-0.2, 0) is 4.74 Å². The number of hydrogen-bond acceptors (Lipinski definition) is 2. The van der Waals surface area contributed by atoms with Gasteiger partial charge in [0.05, 0.1) is 11.2 Å². The second-order valence-corrected chi connectivity index (χ2v) is 5.10. The van der Waals surface area contributed by atoms with E-state index in [4.69, 9.17) is 4.74 Å². The van der Waals surface area contributed by atoms with E-state index in [1.54, 1.807) is 0 Å². The third-order valence-corrected chi connectivity index (χ3v) is 3.64. The highest BCUT2D eigenvalue weighted by atomic mass is 16.5. The van der Waals surface area contributed by atoms with Crippen LogP contribution < -0.4 is 5.32 Å². The third kappa shape index (κ3) is 1.75. The summed E-state index contributed by atoms with van der Waals surface area (Å²) in [5.74, 6) is 0.811. The minimum Gasteiger partial charge on any atom is -0.366 e. The average molecular weight is 183 g/mol. The Morgan fingerprint density at radius 1 is 1.31 bits per heavy atom. The predicted octanol–water partition coefficient (Wildman–Crippen LogP) is 1.94. The van der Waals surface area contributed by atoms with Crippen molar-refractivity contribution in [2.24, 2.45) is 5.92 Å². The highest BCUT2D eigenvalue weighted by molar-refractivity contribution is 5.00. The zero-order valence-electron chi connectivity index (χ0n) is 9.02. The first-order valence-corrected chi connectivity index (χ1v) is 5.49. The van der Waals surface area contributed by atoms with Crippen molar-refractivity contribution < 1.29 is 4.74 Å². The van der Waals surface area contributed by atoms with Crippen molar-refractivity contribution in [3.8, 4) is 0 Å². The van der Waals surface area contributed by atoms with E-state index in [2.05, 4.69) is 26.1 Å². The summed E-state index contributed by atoms with van der Waals surface area (Å²) in [6.45, 7) is 8.74. The lowest BCUT2D eigenvalue weighted by molar-refractivity contribution is -0.172. The molecule has 1 heterocycles. The van der Waals surface area contributed by atoms with Crippen molar-refractivity contribution in [2.75, 3.05) is 13.1 Å². The molecule has 76 valence electrons. The van der Waals surface area contributed by atoms with Gasteiger partial charge in [0.2, 0.25) is 0 Å². The van der Waals surface area contributed by atoms with Crippen molar-refractivity contribution in [3.63, 3.8) is 0 Å². The summed E-state index contributed by atoms with van der Waals surface area (Å²) < 4.78 is 6.27. The Morgan fingerprint density at radius 2 is 2.00 bits per heavy atom. The van der Waals surface area contributed by atoms with E-state index in [0.29, 0.717) is 0 Å². The van der Waals surface area contributed by atoms with Crippen LogP contribution >= 0.6 is 0 Å². The van der Waals surface area contributed by atoms with Gasteiger partial charge in [-0.15, -0.1) is 0 Å². The lowest BCUT2D eigenvalue weighted by Gasteiger charge is -2.45. The van der Waals surface area contributed by atoms with Crippen molar-refractivity contribution >= 4 is 0 Å². The third-order valence-electron chi connectivity index (χ3n) is 3.64. The Bertz CT molecular complexity index is 202. The van der Waals surface area contributed by atoms with Gasteiger partial charge in [-0.1, -0.05) is 6.92 Å². The molecule has 0 amide bonds. The van der Waals surface area contributed by atoms with Gasteiger partial charge in [0.15, 0.2) is 0 Å². The van der Waals surface area contributed by atoms with Crippen molar-refractivity contribution in [1.29, 1.82) is 0 Å². The molecule has 0 radical (unpaired) electrons. The van der Waals surface area contributed by atoms with Crippen LogP contribution in [-0.4, -0.2) is 24.3 Å². The quantitative estimate of drug-likeness (QED) is 0.706. The standard InChI is InChI=1S/C11H21NO/c1-4-10(2)7-12-8-11(3,13-10)9-5-6-9/h9,12H,4-8H2,1-3H3. The van der Waals surface area contributed by atoms with Crippen LogP contribution in [0, 0.1) is 5.92 Å². The summed E-state index contributed by atoms with van der Waals surface area (Å²) >= 11 is 0. The molecule has 2 heteroatoms. The summed E-state index contributed by atoms with van der Waals surface area (Å²) in [6.07, 6.45) is 3.82. The summed E-state index contributed by atoms with van der Waals surface area (Å²) in [7, 11) is 0. The minimum absolute atomic E-state index is 0.0651. The van der Waals surface area contributed by atoms with Gasteiger partial charge in [-0.25, -0.2) is 0 Å². The largest absolute Gasteiger partial charge is 0.366 e. The molecule has 0 bridgehead atoms. The summed E-state index contributed by atoms with van der Waals surface area (Å²) in [5.41, 5.74) is 0.179. The van der Waals surface area contributed by atoms with E-state index in [1.807, 2.05) is 0 Å². The Balaban J connectivity index is 2.06. The zero-order valence-corrected chi connectivity index (χ0v) is 9.02. The Labute approximate surface area is 81.0 Å². The lowest BCUT2D eigenvalue weighted by atomic mass is 9.92. The Hall–Kier alpha value is -0.0800. The molecule has 0 aromatic heterocycles. The van der Waals surface area contributed by atoms with E-state index in [-0.39, 0.29) is 11.2 Å². The summed E-state index contributed by atoms with van der Waals surface area (Å²) in [4.78, 5) is 0. The van der Waals surface area contributed by atoms with Gasteiger partial charge in [-0.3, -0.25) is 0 Å². The first kappa shape index (κ1) is 9.47. The number of rotatable bonds is 2. The number of morpholine rings is 1. The summed E-state index contributed by atoms with van der Waals surface area (Å²) in [5, 5.41) is 3.51. The van der Waals surface area contributed by atoms with E-state index in [0.717, 1.165) is 25.4 Å². The molecule has 2 aliphatic rings. The van der Waals surface area contributed by atoms with Gasteiger partial charge in [0.1, 0.15) is 0 Å². The maximum Gasteiger partial charge on any atom is 0.0814 e. The SMILES string of the molecule is CCC1(C)CNCC(C)(C2CC2)O1. The normalized spacial score (nSPS) is 46.4. The number of ether oxygens (including phenoxy) is 1. The van der Waals surface area contributed by atoms with Gasteiger partial charge in [-0.2, -0.15) is 0 Å². The maximum atomic E-state index is 6.27. The maximum absolute atomic E-state index is 6.27. The molecule has 1 aliphatic heterocycles. The predicted molar refractivity (Wildman–Crippen MR) is 53.8 cm³/mol. The molecular weight excluding hydrogens is 162 g/mol. The molecule has 1 aliphatic carbocycles. The van der Waals surface area contributed by atoms with Crippen molar-refractivity contribution in [3.05, 3.63) is 0 Å². The molecule has 2 unspecified atom stereocenters. The van der Waals surface area contributed by atoms with Crippen LogP contribution in [0.15, 0.2) is 0 Å². The number of hydrogen-bond donors (Lipinski definition) is 1. The van der Waals surface area contributed by atoms with Crippen LogP contribution in [0.2, 0.25) is 0 Å². The molecule has 0 aromatic rings. The smallest absolute Gasteiger partial charge is 0.0814 e. The number of nitrogens with one attached hydrogen (secondary N) is 1. The van der Waals surface area contributed by atoms with Crippen LogP contribution in [0.4, 0.5) is 0 Å². The monoisotopic (exact) mass is 183 g/mol. The molecule has 1 N–H and O–H groups in total. The van der Waals surface area contributed by atoms with Gasteiger partial charge in [0.25, 0.3) is 0 Å².